The Bertz CT molecular complexity index is 976. The molecule has 0 fully saturated rings. The first kappa shape index (κ1) is 19.1. The number of rotatable bonds is 6. The van der Waals surface area contributed by atoms with Crippen molar-refractivity contribution in [1.29, 1.82) is 0 Å². The molecule has 147 valence electrons. The second-order valence-corrected chi connectivity index (χ2v) is 7.85. The van der Waals surface area contributed by atoms with E-state index in [0.29, 0.717) is 6.42 Å². The zero-order valence-corrected chi connectivity index (χ0v) is 16.8. The first-order valence-corrected chi connectivity index (χ1v) is 9.57. The second kappa shape index (κ2) is 7.28. The predicted molar refractivity (Wildman–Crippen MR) is 111 cm³/mol. The molecular formula is C25H23O4. The maximum absolute atomic E-state index is 11.1. The van der Waals surface area contributed by atoms with E-state index in [2.05, 4.69) is 24.3 Å². The quantitative estimate of drug-likeness (QED) is 0.569. The maximum Gasteiger partial charge on any atom is 0.418 e. The summed E-state index contributed by atoms with van der Waals surface area (Å²) in [5.74, 6) is 2.38. The van der Waals surface area contributed by atoms with Gasteiger partial charge in [-0.15, -0.1) is 0 Å². The zero-order chi connectivity index (χ0) is 20.5. The van der Waals surface area contributed by atoms with Crippen LogP contribution in [0.5, 0.6) is 17.2 Å². The van der Waals surface area contributed by atoms with Crippen molar-refractivity contribution in [3.05, 3.63) is 89.5 Å². The molecule has 0 unspecified atom stereocenters. The van der Waals surface area contributed by atoms with Crippen molar-refractivity contribution in [3.63, 3.8) is 0 Å². The third-order valence-electron chi connectivity index (χ3n) is 5.51. The third kappa shape index (κ3) is 3.25. The third-order valence-corrected chi connectivity index (χ3v) is 5.51. The Morgan fingerprint density at radius 1 is 0.897 bits per heavy atom. The van der Waals surface area contributed by atoms with Gasteiger partial charge in [0.2, 0.25) is 0 Å². The molecule has 4 heteroatoms. The van der Waals surface area contributed by atoms with E-state index in [1.165, 1.54) is 0 Å². The smallest absolute Gasteiger partial charge is 0.418 e. The van der Waals surface area contributed by atoms with Gasteiger partial charge in [-0.2, -0.15) is 0 Å². The highest BCUT2D eigenvalue weighted by molar-refractivity contribution is 5.63. The van der Waals surface area contributed by atoms with Crippen LogP contribution in [0.2, 0.25) is 0 Å². The van der Waals surface area contributed by atoms with Gasteiger partial charge in [0.1, 0.15) is 22.8 Å². The van der Waals surface area contributed by atoms with Crippen LogP contribution in [0.4, 0.5) is 0 Å². The Hall–Kier alpha value is -3.27. The molecule has 0 atom stereocenters. The SMILES string of the molecule is COc1ccc(C2(CC(C)(C)O[C]=O)c3ccccc3Oc3ccccc32)cc1. The van der Waals surface area contributed by atoms with E-state index in [0.717, 1.165) is 33.9 Å². The highest BCUT2D eigenvalue weighted by atomic mass is 16.5. The standard InChI is InChI=1S/C25H23O4/c1-24(2,28-17-26)16-25(18-12-14-19(27-3)15-13-18)20-8-4-6-10-22(20)29-23-11-7-5-9-21(23)25/h4-15H,16H2,1-3H3. The summed E-state index contributed by atoms with van der Waals surface area (Å²) in [5.41, 5.74) is 1.82. The van der Waals surface area contributed by atoms with E-state index in [1.807, 2.05) is 62.4 Å². The minimum atomic E-state index is -0.751. The summed E-state index contributed by atoms with van der Waals surface area (Å²) in [7, 11) is 1.65. The molecule has 1 aliphatic rings. The average molecular weight is 387 g/mol. The lowest BCUT2D eigenvalue weighted by atomic mass is 9.63. The molecule has 0 spiro atoms. The molecule has 0 saturated heterocycles. The molecule has 0 saturated carbocycles. The minimum Gasteiger partial charge on any atom is -0.497 e. The number of hydrogen-bond donors (Lipinski definition) is 0. The summed E-state index contributed by atoms with van der Waals surface area (Å²) < 4.78 is 17.0. The molecule has 0 amide bonds. The van der Waals surface area contributed by atoms with Crippen molar-refractivity contribution in [1.82, 2.24) is 0 Å². The van der Waals surface area contributed by atoms with Crippen LogP contribution in [0, 0.1) is 0 Å². The number of methoxy groups -OCH3 is 1. The number of fused-ring (bicyclic) bond motifs is 2. The van der Waals surface area contributed by atoms with Crippen molar-refractivity contribution in [2.75, 3.05) is 7.11 Å². The van der Waals surface area contributed by atoms with Crippen LogP contribution in [-0.2, 0) is 14.9 Å². The van der Waals surface area contributed by atoms with Crippen LogP contribution in [0.3, 0.4) is 0 Å². The number of hydrogen-bond acceptors (Lipinski definition) is 4. The van der Waals surface area contributed by atoms with Gasteiger partial charge in [0.25, 0.3) is 0 Å². The van der Waals surface area contributed by atoms with Crippen molar-refractivity contribution in [2.24, 2.45) is 0 Å². The van der Waals surface area contributed by atoms with Crippen LogP contribution in [0.1, 0.15) is 37.0 Å². The predicted octanol–water partition coefficient (Wildman–Crippen LogP) is 5.39. The largest absolute Gasteiger partial charge is 0.497 e. The highest BCUT2D eigenvalue weighted by Crippen LogP contribution is 2.55. The Morgan fingerprint density at radius 3 is 1.97 bits per heavy atom. The topological polar surface area (TPSA) is 44.8 Å². The fraction of sp³-hybridized carbons (Fsp3) is 0.240. The Labute approximate surface area is 171 Å². The van der Waals surface area contributed by atoms with Gasteiger partial charge in [0, 0.05) is 17.5 Å². The minimum absolute atomic E-state index is 0.527. The molecule has 0 aromatic heterocycles. The fourth-order valence-corrected chi connectivity index (χ4v) is 4.35. The summed E-state index contributed by atoms with van der Waals surface area (Å²) in [4.78, 5) is 11.1. The maximum atomic E-state index is 11.1. The molecule has 4 rings (SSSR count). The molecule has 0 N–H and O–H groups in total. The van der Waals surface area contributed by atoms with E-state index >= 15 is 0 Å². The molecule has 3 aromatic rings. The summed E-state index contributed by atoms with van der Waals surface area (Å²) in [5, 5.41) is 0. The number of ether oxygens (including phenoxy) is 3. The normalized spacial score (nSPS) is 14.2. The lowest BCUT2D eigenvalue weighted by Gasteiger charge is -2.44. The Balaban J connectivity index is 2.03. The van der Waals surface area contributed by atoms with Crippen molar-refractivity contribution < 1.29 is 19.0 Å². The van der Waals surface area contributed by atoms with Gasteiger partial charge >= 0.3 is 6.47 Å². The van der Waals surface area contributed by atoms with E-state index < -0.39 is 11.0 Å². The first-order valence-electron chi connectivity index (χ1n) is 9.57. The molecule has 1 radical (unpaired) electrons. The molecule has 0 aliphatic carbocycles. The summed E-state index contributed by atoms with van der Waals surface area (Å²) >= 11 is 0. The van der Waals surface area contributed by atoms with Gasteiger partial charge in [-0.25, -0.2) is 4.79 Å². The molecule has 4 nitrogen and oxygen atoms in total. The molecule has 3 aromatic carbocycles. The van der Waals surface area contributed by atoms with Crippen LogP contribution in [-0.4, -0.2) is 19.2 Å². The number of benzene rings is 3. The number of carbonyl (C=O) groups excluding carboxylic acids is 1. The number of para-hydroxylation sites is 2. The van der Waals surface area contributed by atoms with E-state index in [4.69, 9.17) is 14.2 Å². The first-order chi connectivity index (χ1) is 14.0. The van der Waals surface area contributed by atoms with E-state index in [9.17, 15) is 4.79 Å². The Kier molecular flexibility index (Phi) is 4.79. The van der Waals surface area contributed by atoms with Crippen molar-refractivity contribution in [2.45, 2.75) is 31.3 Å². The molecule has 1 aliphatic heterocycles. The van der Waals surface area contributed by atoms with Gasteiger partial charge in [0.15, 0.2) is 0 Å². The van der Waals surface area contributed by atoms with Gasteiger partial charge in [-0.3, -0.25) is 0 Å². The zero-order valence-electron chi connectivity index (χ0n) is 16.8. The molecule has 29 heavy (non-hydrogen) atoms. The van der Waals surface area contributed by atoms with Gasteiger partial charge in [-0.1, -0.05) is 48.5 Å². The molecule has 1 heterocycles. The summed E-state index contributed by atoms with van der Waals surface area (Å²) in [6, 6.07) is 24.1. The van der Waals surface area contributed by atoms with Crippen molar-refractivity contribution >= 4 is 6.47 Å². The van der Waals surface area contributed by atoms with Gasteiger partial charge in [0.05, 0.1) is 12.5 Å². The highest BCUT2D eigenvalue weighted by Gasteiger charge is 2.47. The Morgan fingerprint density at radius 2 is 1.45 bits per heavy atom. The second-order valence-electron chi connectivity index (χ2n) is 7.85. The lowest BCUT2D eigenvalue weighted by Crippen LogP contribution is -2.41. The van der Waals surface area contributed by atoms with Crippen LogP contribution in [0.25, 0.3) is 0 Å². The average Bonchev–Trinajstić information content (AvgIpc) is 2.73. The van der Waals surface area contributed by atoms with Crippen LogP contribution in [0.15, 0.2) is 72.8 Å². The van der Waals surface area contributed by atoms with Crippen LogP contribution < -0.4 is 9.47 Å². The summed E-state index contributed by atoms with van der Waals surface area (Å²) in [6.07, 6.45) is 0.527. The van der Waals surface area contributed by atoms with E-state index in [1.54, 1.807) is 13.6 Å². The lowest BCUT2D eigenvalue weighted by molar-refractivity contribution is 0.0647. The molecular weight excluding hydrogens is 364 g/mol. The van der Waals surface area contributed by atoms with Gasteiger partial charge < -0.3 is 14.2 Å². The van der Waals surface area contributed by atoms with Gasteiger partial charge in [-0.05, 0) is 43.7 Å². The van der Waals surface area contributed by atoms with E-state index in [-0.39, 0.29) is 0 Å². The van der Waals surface area contributed by atoms with Crippen molar-refractivity contribution in [3.8, 4) is 17.2 Å². The monoisotopic (exact) mass is 387 g/mol. The van der Waals surface area contributed by atoms with Crippen LogP contribution >= 0.6 is 0 Å². The fourth-order valence-electron chi connectivity index (χ4n) is 4.35. The summed E-state index contributed by atoms with van der Waals surface area (Å²) in [6.45, 7) is 5.44. The molecule has 0 bridgehead atoms.